The van der Waals surface area contributed by atoms with Crippen LogP contribution in [0.2, 0.25) is 0 Å². The maximum absolute atomic E-state index is 14.0. The molecule has 0 unspecified atom stereocenters. The summed E-state index contributed by atoms with van der Waals surface area (Å²) in [6.07, 6.45) is -3.38. The summed E-state index contributed by atoms with van der Waals surface area (Å²) in [7, 11) is 3.10. The first-order chi connectivity index (χ1) is 14.6. The Hall–Kier alpha value is -3.47. The van der Waals surface area contributed by atoms with E-state index in [1.165, 1.54) is 22.6 Å². The van der Waals surface area contributed by atoms with E-state index in [1.807, 2.05) is 0 Å². The number of aryl methyl sites for hydroxylation is 1. The lowest BCUT2D eigenvalue weighted by atomic mass is 10.1. The number of benzene rings is 1. The lowest BCUT2D eigenvalue weighted by molar-refractivity contribution is -0.136. The van der Waals surface area contributed by atoms with Crippen LogP contribution in [0, 0.1) is 11.7 Å². The minimum atomic E-state index is -4.80. The van der Waals surface area contributed by atoms with E-state index in [1.54, 1.807) is 38.2 Å². The normalized spacial score (nSPS) is 11.8. The first-order valence-electron chi connectivity index (χ1n) is 9.03. The van der Waals surface area contributed by atoms with Crippen LogP contribution in [0.4, 0.5) is 13.2 Å². The van der Waals surface area contributed by atoms with Crippen LogP contribution < -0.4 is 10.3 Å². The van der Waals surface area contributed by atoms with Gasteiger partial charge in [-0.25, -0.2) is 4.98 Å². The summed E-state index contributed by atoms with van der Waals surface area (Å²) in [6.45, 7) is 1.71. The van der Waals surface area contributed by atoms with Crippen molar-refractivity contribution in [1.82, 2.24) is 24.3 Å². The molecular weight excluding hydrogens is 431 g/mol. The van der Waals surface area contributed by atoms with Gasteiger partial charge in [0.25, 0.3) is 5.56 Å². The van der Waals surface area contributed by atoms with E-state index in [0.717, 1.165) is 6.07 Å². The maximum Gasteiger partial charge on any atom is 0.417 e. The summed E-state index contributed by atoms with van der Waals surface area (Å²) in [5.74, 6) is 0.352. The zero-order valence-electron chi connectivity index (χ0n) is 16.6. The second kappa shape index (κ2) is 7.34. The quantitative estimate of drug-likeness (QED) is 0.477. The minimum Gasteiger partial charge on any atom is -0.495 e. The van der Waals surface area contributed by atoms with Crippen molar-refractivity contribution in [2.24, 2.45) is 7.05 Å². The fourth-order valence-electron chi connectivity index (χ4n) is 3.38. The lowest BCUT2D eigenvalue weighted by Crippen LogP contribution is -2.20. The van der Waals surface area contributed by atoms with Gasteiger partial charge in [0.1, 0.15) is 5.75 Å². The zero-order chi connectivity index (χ0) is 22.5. The molecule has 0 fully saturated rings. The molecule has 0 amide bonds. The lowest BCUT2D eigenvalue weighted by Gasteiger charge is -2.17. The number of fused-ring (bicyclic) bond motifs is 1. The first kappa shape index (κ1) is 20.8. The van der Waals surface area contributed by atoms with Gasteiger partial charge in [-0.1, -0.05) is 12.1 Å². The second-order valence-corrected chi connectivity index (χ2v) is 7.17. The van der Waals surface area contributed by atoms with E-state index in [9.17, 15) is 18.0 Å². The van der Waals surface area contributed by atoms with Gasteiger partial charge in [-0.15, -0.1) is 0 Å². The van der Waals surface area contributed by atoms with Crippen LogP contribution in [0.3, 0.4) is 0 Å². The van der Waals surface area contributed by atoms with Gasteiger partial charge in [0, 0.05) is 18.3 Å². The van der Waals surface area contributed by atoms with Gasteiger partial charge >= 0.3 is 6.18 Å². The number of pyridine rings is 1. The average molecular weight is 447 g/mol. The molecule has 0 aliphatic carbocycles. The summed E-state index contributed by atoms with van der Waals surface area (Å²) < 4.78 is 50.1. The van der Waals surface area contributed by atoms with Gasteiger partial charge in [0.2, 0.25) is 0 Å². The van der Waals surface area contributed by atoms with E-state index in [0.29, 0.717) is 22.7 Å². The monoisotopic (exact) mass is 447 g/mol. The summed E-state index contributed by atoms with van der Waals surface area (Å²) in [5, 5.41) is 3.47. The smallest absolute Gasteiger partial charge is 0.417 e. The molecule has 11 heteroatoms. The van der Waals surface area contributed by atoms with Crippen LogP contribution in [-0.2, 0) is 13.2 Å². The number of methoxy groups -OCH3 is 1. The van der Waals surface area contributed by atoms with Crippen LogP contribution in [0.25, 0.3) is 28.0 Å². The van der Waals surface area contributed by atoms with Gasteiger partial charge in [-0.3, -0.25) is 19.0 Å². The highest BCUT2D eigenvalue weighted by Gasteiger charge is 2.36. The fourth-order valence-corrected chi connectivity index (χ4v) is 3.66. The number of para-hydroxylation sites is 2. The molecule has 0 saturated carbocycles. The van der Waals surface area contributed by atoms with E-state index in [2.05, 4.69) is 15.1 Å². The Morgan fingerprint density at radius 2 is 1.94 bits per heavy atom. The first-order valence-corrected chi connectivity index (χ1v) is 9.44. The standard InChI is InChI=1S/C20H16F3N5O2S/c1-10-11(9-24-27(10)2)13-8-12(20(21,22)23)16-17(25-13)28(19(31)26-18(16)29)14-6-4-5-7-15(14)30-3/h4-9H,1-3H3,(H,26,29,31). The van der Waals surface area contributed by atoms with Crippen LogP contribution >= 0.6 is 12.2 Å². The van der Waals surface area contributed by atoms with E-state index in [4.69, 9.17) is 17.0 Å². The van der Waals surface area contributed by atoms with E-state index >= 15 is 0 Å². The molecule has 7 nitrogen and oxygen atoms in total. The number of H-pyrrole nitrogens is 1. The molecule has 0 aliphatic rings. The molecular formula is C20H16F3N5O2S. The summed E-state index contributed by atoms with van der Waals surface area (Å²) in [6, 6.07) is 7.49. The molecule has 160 valence electrons. The molecule has 0 aliphatic heterocycles. The van der Waals surface area contributed by atoms with E-state index in [-0.39, 0.29) is 16.1 Å². The fraction of sp³-hybridized carbons (Fsp3) is 0.200. The van der Waals surface area contributed by atoms with Crippen molar-refractivity contribution < 1.29 is 17.9 Å². The van der Waals surface area contributed by atoms with Gasteiger partial charge < -0.3 is 4.74 Å². The predicted octanol–water partition coefficient (Wildman–Crippen LogP) is 4.18. The van der Waals surface area contributed by atoms with Crippen molar-refractivity contribution in [3.8, 4) is 22.7 Å². The Labute approximate surface area is 178 Å². The SMILES string of the molecule is COc1ccccc1-n1c(=S)[nH]c(=O)c2c(C(F)(F)F)cc(-c3cnn(C)c3C)nc21. The van der Waals surface area contributed by atoms with E-state index < -0.39 is 22.7 Å². The third-order valence-electron chi connectivity index (χ3n) is 5.01. The number of aromatic nitrogens is 5. The minimum absolute atomic E-state index is 0.0223. The summed E-state index contributed by atoms with van der Waals surface area (Å²) in [5.41, 5.74) is -0.923. The zero-order valence-corrected chi connectivity index (χ0v) is 17.4. The average Bonchev–Trinajstić information content (AvgIpc) is 3.05. The highest BCUT2D eigenvalue weighted by molar-refractivity contribution is 7.71. The number of ether oxygens (including phenoxy) is 1. The Kier molecular flexibility index (Phi) is 4.92. The molecule has 31 heavy (non-hydrogen) atoms. The maximum atomic E-state index is 14.0. The molecule has 3 aromatic heterocycles. The number of hydrogen-bond donors (Lipinski definition) is 1. The Bertz CT molecular complexity index is 1440. The van der Waals surface area contributed by atoms with Crippen LogP contribution in [0.1, 0.15) is 11.3 Å². The van der Waals surface area contributed by atoms with Gasteiger partial charge in [-0.05, 0) is 37.3 Å². The number of rotatable bonds is 3. The number of alkyl halides is 3. The number of nitrogens with zero attached hydrogens (tertiary/aromatic N) is 4. The van der Waals surface area contributed by atoms with Crippen LogP contribution in [0.5, 0.6) is 5.75 Å². The van der Waals surface area contributed by atoms with Crippen molar-refractivity contribution in [2.75, 3.05) is 7.11 Å². The Morgan fingerprint density at radius 1 is 1.23 bits per heavy atom. The Balaban J connectivity index is 2.23. The van der Waals surface area contributed by atoms with Crippen molar-refractivity contribution in [1.29, 1.82) is 0 Å². The molecule has 4 aromatic rings. The third kappa shape index (κ3) is 3.40. The molecule has 0 bridgehead atoms. The molecule has 1 N–H and O–H groups in total. The topological polar surface area (TPSA) is 77.7 Å². The largest absolute Gasteiger partial charge is 0.495 e. The summed E-state index contributed by atoms with van der Waals surface area (Å²) in [4.78, 5) is 19.4. The van der Waals surface area contributed by atoms with Gasteiger partial charge in [0.05, 0.1) is 35.6 Å². The van der Waals surface area contributed by atoms with Gasteiger partial charge in [-0.2, -0.15) is 18.3 Å². The number of hydrogen-bond acceptors (Lipinski definition) is 5. The van der Waals surface area contributed by atoms with Gasteiger partial charge in [0.15, 0.2) is 10.4 Å². The molecule has 0 atom stereocenters. The second-order valence-electron chi connectivity index (χ2n) is 6.79. The van der Waals surface area contributed by atoms with Crippen molar-refractivity contribution in [3.05, 3.63) is 62.9 Å². The van der Waals surface area contributed by atoms with Crippen LogP contribution in [-0.4, -0.2) is 31.4 Å². The molecule has 0 spiro atoms. The number of halogens is 3. The highest BCUT2D eigenvalue weighted by Crippen LogP contribution is 2.37. The predicted molar refractivity (Wildman–Crippen MR) is 111 cm³/mol. The van der Waals surface area contributed by atoms with Crippen LogP contribution in [0.15, 0.2) is 41.3 Å². The molecule has 0 saturated heterocycles. The third-order valence-corrected chi connectivity index (χ3v) is 5.29. The molecule has 3 heterocycles. The molecule has 4 rings (SSSR count). The van der Waals surface area contributed by atoms with Crippen molar-refractivity contribution >= 4 is 23.3 Å². The molecule has 0 radical (unpaired) electrons. The Morgan fingerprint density at radius 3 is 2.55 bits per heavy atom. The highest BCUT2D eigenvalue weighted by atomic mass is 32.1. The summed E-state index contributed by atoms with van der Waals surface area (Å²) >= 11 is 5.30. The van der Waals surface area contributed by atoms with Crippen molar-refractivity contribution in [2.45, 2.75) is 13.1 Å². The molecule has 1 aromatic carbocycles. The number of aromatic amines is 1. The number of nitrogens with one attached hydrogen (secondary N) is 1. The van der Waals surface area contributed by atoms with Crippen molar-refractivity contribution in [3.63, 3.8) is 0 Å².